The van der Waals surface area contributed by atoms with Gasteiger partial charge in [0.1, 0.15) is 5.82 Å². The van der Waals surface area contributed by atoms with Gasteiger partial charge in [0.2, 0.25) is 0 Å². The summed E-state index contributed by atoms with van der Waals surface area (Å²) in [6, 6.07) is 9.33. The van der Waals surface area contributed by atoms with Gasteiger partial charge in [0, 0.05) is 43.1 Å². The zero-order chi connectivity index (χ0) is 22.1. The van der Waals surface area contributed by atoms with Crippen molar-refractivity contribution < 1.29 is 9.63 Å². The number of pyridine rings is 1. The molecule has 2 atom stereocenters. The number of nitrogens with one attached hydrogen (secondary N) is 1. The third-order valence-corrected chi connectivity index (χ3v) is 7.03. The molecule has 3 heterocycles. The normalized spacial score (nSPS) is 22.5. The summed E-state index contributed by atoms with van der Waals surface area (Å²) in [4.78, 5) is 11.8. The van der Waals surface area contributed by atoms with E-state index in [1.807, 2.05) is 6.92 Å². The Morgan fingerprint density at radius 2 is 1.94 bits per heavy atom. The fourth-order valence-electron chi connectivity index (χ4n) is 5.27. The van der Waals surface area contributed by atoms with Crippen molar-refractivity contribution in [2.24, 2.45) is 5.92 Å². The van der Waals surface area contributed by atoms with Crippen molar-refractivity contribution in [2.75, 3.05) is 24.6 Å². The van der Waals surface area contributed by atoms with Gasteiger partial charge in [0.15, 0.2) is 5.82 Å². The molecule has 5 rings (SSSR count). The van der Waals surface area contributed by atoms with Crippen molar-refractivity contribution in [1.82, 2.24) is 20.4 Å². The molecule has 2 unspecified atom stereocenters. The second-order valence-electron chi connectivity index (χ2n) is 9.49. The largest absolute Gasteiger partial charge is 0.396 e. The van der Waals surface area contributed by atoms with Gasteiger partial charge >= 0.3 is 0 Å². The Hall–Kier alpha value is -2.51. The van der Waals surface area contributed by atoms with Crippen LogP contribution in [-0.2, 0) is 0 Å². The molecule has 2 fully saturated rings. The first-order valence-corrected chi connectivity index (χ1v) is 11.9. The van der Waals surface area contributed by atoms with Crippen molar-refractivity contribution in [3.63, 3.8) is 0 Å². The van der Waals surface area contributed by atoms with Gasteiger partial charge < -0.3 is 19.8 Å². The Balaban J connectivity index is 1.45. The molecule has 1 aliphatic carbocycles. The Morgan fingerprint density at radius 3 is 2.69 bits per heavy atom. The second kappa shape index (κ2) is 9.16. The fourth-order valence-corrected chi connectivity index (χ4v) is 5.27. The molecule has 7 heteroatoms. The highest BCUT2D eigenvalue weighted by atomic mass is 16.5. The highest BCUT2D eigenvalue weighted by Crippen LogP contribution is 2.34. The molecule has 7 nitrogen and oxygen atoms in total. The number of anilines is 1. The first-order valence-electron chi connectivity index (χ1n) is 11.9. The maximum Gasteiger partial charge on any atom is 0.261 e. The number of aliphatic hydroxyl groups excluding tert-OH is 1. The molecule has 1 saturated heterocycles. The minimum absolute atomic E-state index is 0.165. The maximum absolute atomic E-state index is 10.2. The van der Waals surface area contributed by atoms with E-state index in [1.54, 1.807) is 0 Å². The van der Waals surface area contributed by atoms with Gasteiger partial charge in [-0.3, -0.25) is 0 Å². The topological polar surface area (TPSA) is 87.3 Å². The van der Waals surface area contributed by atoms with Crippen LogP contribution >= 0.6 is 0 Å². The van der Waals surface area contributed by atoms with Crippen LogP contribution in [0.5, 0.6) is 0 Å². The number of aromatic nitrogens is 3. The molecular formula is C25H33N5O2. The first-order chi connectivity index (χ1) is 15.6. The van der Waals surface area contributed by atoms with Gasteiger partial charge in [-0.15, -0.1) is 0 Å². The van der Waals surface area contributed by atoms with E-state index in [0.717, 1.165) is 41.8 Å². The molecule has 32 heavy (non-hydrogen) atoms. The van der Waals surface area contributed by atoms with Gasteiger partial charge in [-0.1, -0.05) is 36.6 Å². The standard InChI is InChI=1S/C25H33N5O2/c1-16-8-9-18-13-21(25-26-17(2)29-32-25)24(28-23(18)12-16)30-11-10-22(19(14-30)15-31)27-20-6-4-3-5-7-20/h8-9,12-13,19-20,22,27,31H,3-7,10-11,14-15H2,1-2H3. The predicted octanol–water partition coefficient (Wildman–Crippen LogP) is 4.01. The van der Waals surface area contributed by atoms with Crippen molar-refractivity contribution in [3.8, 4) is 11.5 Å². The lowest BCUT2D eigenvalue weighted by Crippen LogP contribution is -2.53. The van der Waals surface area contributed by atoms with Crippen LogP contribution in [-0.4, -0.2) is 52.0 Å². The van der Waals surface area contributed by atoms with Crippen LogP contribution in [0.2, 0.25) is 0 Å². The summed E-state index contributed by atoms with van der Waals surface area (Å²) in [5.41, 5.74) is 3.00. The minimum Gasteiger partial charge on any atom is -0.396 e. The van der Waals surface area contributed by atoms with Crippen LogP contribution in [0.15, 0.2) is 28.8 Å². The molecule has 0 bridgehead atoms. The number of aryl methyl sites for hydroxylation is 2. The molecule has 0 radical (unpaired) electrons. The van der Waals surface area contributed by atoms with Crippen LogP contribution in [0.3, 0.4) is 0 Å². The Morgan fingerprint density at radius 1 is 1.09 bits per heavy atom. The van der Waals surface area contributed by atoms with Crippen LogP contribution < -0.4 is 10.2 Å². The van der Waals surface area contributed by atoms with E-state index in [0.29, 0.717) is 23.8 Å². The summed E-state index contributed by atoms with van der Waals surface area (Å²) >= 11 is 0. The predicted molar refractivity (Wildman–Crippen MR) is 126 cm³/mol. The SMILES string of the molecule is Cc1ccc2cc(-c3nc(C)no3)c(N3CCC(NC4CCCCC4)C(CO)C3)nc2c1. The van der Waals surface area contributed by atoms with E-state index >= 15 is 0 Å². The van der Waals surface area contributed by atoms with Crippen molar-refractivity contribution in [1.29, 1.82) is 0 Å². The number of hydrogen-bond acceptors (Lipinski definition) is 7. The molecule has 1 saturated carbocycles. The Labute approximate surface area is 189 Å². The molecule has 1 aliphatic heterocycles. The highest BCUT2D eigenvalue weighted by molar-refractivity contribution is 5.88. The summed E-state index contributed by atoms with van der Waals surface area (Å²) < 4.78 is 5.54. The lowest BCUT2D eigenvalue weighted by Gasteiger charge is -2.41. The van der Waals surface area contributed by atoms with Gasteiger partial charge in [-0.2, -0.15) is 4.98 Å². The van der Waals surface area contributed by atoms with E-state index in [-0.39, 0.29) is 12.5 Å². The molecular weight excluding hydrogens is 402 g/mol. The lowest BCUT2D eigenvalue weighted by atomic mass is 9.89. The number of aliphatic hydroxyl groups is 1. The molecule has 2 aromatic heterocycles. The second-order valence-corrected chi connectivity index (χ2v) is 9.49. The van der Waals surface area contributed by atoms with E-state index in [1.165, 1.54) is 37.7 Å². The van der Waals surface area contributed by atoms with Gasteiger partial charge in [-0.25, -0.2) is 4.98 Å². The summed E-state index contributed by atoms with van der Waals surface area (Å²) in [7, 11) is 0. The third kappa shape index (κ3) is 4.36. The van der Waals surface area contributed by atoms with Gasteiger partial charge in [0.05, 0.1) is 11.1 Å². The summed E-state index contributed by atoms with van der Waals surface area (Å²) in [6.45, 7) is 5.72. The van der Waals surface area contributed by atoms with Crippen molar-refractivity contribution in [2.45, 2.75) is 64.5 Å². The van der Waals surface area contributed by atoms with Crippen LogP contribution in [0, 0.1) is 19.8 Å². The number of rotatable bonds is 5. The smallest absolute Gasteiger partial charge is 0.261 e. The number of fused-ring (bicyclic) bond motifs is 1. The number of benzene rings is 1. The molecule has 2 N–H and O–H groups in total. The van der Waals surface area contributed by atoms with E-state index in [4.69, 9.17) is 9.51 Å². The number of hydrogen-bond donors (Lipinski definition) is 2. The fraction of sp³-hybridized carbons (Fsp3) is 0.560. The van der Waals surface area contributed by atoms with Crippen LogP contribution in [0.4, 0.5) is 5.82 Å². The maximum atomic E-state index is 10.2. The average molecular weight is 436 g/mol. The number of piperidine rings is 1. The molecule has 0 amide bonds. The molecule has 3 aromatic rings. The van der Waals surface area contributed by atoms with E-state index < -0.39 is 0 Å². The molecule has 0 spiro atoms. The van der Waals surface area contributed by atoms with Gasteiger partial charge in [0.25, 0.3) is 5.89 Å². The van der Waals surface area contributed by atoms with Crippen molar-refractivity contribution in [3.05, 3.63) is 35.7 Å². The van der Waals surface area contributed by atoms with Gasteiger partial charge in [-0.05, 0) is 50.8 Å². The summed E-state index contributed by atoms with van der Waals surface area (Å²) in [5.74, 6) is 2.13. The minimum atomic E-state index is 0.165. The Kier molecular flexibility index (Phi) is 6.11. The third-order valence-electron chi connectivity index (χ3n) is 7.03. The quantitative estimate of drug-likeness (QED) is 0.626. The number of nitrogens with zero attached hydrogens (tertiary/aromatic N) is 4. The van der Waals surface area contributed by atoms with Crippen LogP contribution in [0.1, 0.15) is 49.9 Å². The molecule has 2 aliphatic rings. The zero-order valence-electron chi connectivity index (χ0n) is 19.0. The Bertz CT molecular complexity index is 1080. The summed E-state index contributed by atoms with van der Waals surface area (Å²) in [5, 5.41) is 19.1. The lowest BCUT2D eigenvalue weighted by molar-refractivity contribution is 0.160. The van der Waals surface area contributed by atoms with E-state index in [9.17, 15) is 5.11 Å². The first kappa shape index (κ1) is 21.3. The van der Waals surface area contributed by atoms with Crippen LogP contribution in [0.25, 0.3) is 22.4 Å². The van der Waals surface area contributed by atoms with E-state index in [2.05, 4.69) is 51.5 Å². The zero-order valence-corrected chi connectivity index (χ0v) is 19.0. The van der Waals surface area contributed by atoms with Crippen molar-refractivity contribution >= 4 is 16.7 Å². The molecule has 1 aromatic carbocycles. The average Bonchev–Trinajstić information content (AvgIpc) is 3.25. The monoisotopic (exact) mass is 435 g/mol. The molecule has 170 valence electrons. The highest BCUT2D eigenvalue weighted by Gasteiger charge is 2.33. The summed E-state index contributed by atoms with van der Waals surface area (Å²) in [6.07, 6.45) is 7.47.